The molecule has 0 fully saturated rings. The number of hydrogen-bond acceptors (Lipinski definition) is 4. The summed E-state index contributed by atoms with van der Waals surface area (Å²) in [6.45, 7) is 6.38. The average Bonchev–Trinajstić information content (AvgIpc) is 2.25. The first kappa shape index (κ1) is 13.8. The van der Waals surface area contributed by atoms with Crippen LogP contribution in [0.25, 0.3) is 0 Å². The lowest BCUT2D eigenvalue weighted by atomic mass is 9.93. The maximum atomic E-state index is 5.09. The van der Waals surface area contributed by atoms with Crippen LogP contribution in [0.15, 0.2) is 18.2 Å². The van der Waals surface area contributed by atoms with E-state index in [4.69, 9.17) is 4.74 Å². The van der Waals surface area contributed by atoms with Crippen LogP contribution in [0.3, 0.4) is 0 Å². The van der Waals surface area contributed by atoms with Gasteiger partial charge < -0.3 is 15.0 Å². The highest BCUT2D eigenvalue weighted by molar-refractivity contribution is 5.37. The topological polar surface area (TPSA) is 37.4 Å². The lowest BCUT2D eigenvalue weighted by molar-refractivity contribution is 0.254. The van der Waals surface area contributed by atoms with Crippen LogP contribution in [0.5, 0.6) is 5.88 Å². The van der Waals surface area contributed by atoms with Gasteiger partial charge in [0.1, 0.15) is 5.82 Å². The van der Waals surface area contributed by atoms with E-state index in [9.17, 15) is 0 Å². The Kier molecular flexibility index (Phi) is 4.75. The molecule has 0 radical (unpaired) electrons. The molecule has 1 heterocycles. The maximum Gasteiger partial charge on any atom is 0.214 e. The Morgan fingerprint density at radius 1 is 1.35 bits per heavy atom. The quantitative estimate of drug-likeness (QED) is 0.822. The van der Waals surface area contributed by atoms with E-state index in [1.54, 1.807) is 7.11 Å². The molecular weight excluding hydrogens is 214 g/mol. The zero-order chi connectivity index (χ0) is 12.9. The Morgan fingerprint density at radius 3 is 2.65 bits per heavy atom. The summed E-state index contributed by atoms with van der Waals surface area (Å²) in [6.07, 6.45) is 0. The van der Waals surface area contributed by atoms with Crippen LogP contribution in [0.2, 0.25) is 0 Å². The predicted octanol–water partition coefficient (Wildman–Crippen LogP) is 2.09. The molecule has 1 N–H and O–H groups in total. The van der Waals surface area contributed by atoms with Crippen LogP contribution >= 0.6 is 0 Å². The SMILES string of the molecule is COc1cccc(NCC(C)(C)CN(C)C)n1. The number of nitrogens with one attached hydrogen (secondary N) is 1. The molecule has 0 saturated carbocycles. The number of hydrogen-bond donors (Lipinski definition) is 1. The van der Waals surface area contributed by atoms with Crippen molar-refractivity contribution < 1.29 is 4.74 Å². The van der Waals surface area contributed by atoms with E-state index in [-0.39, 0.29) is 5.41 Å². The Morgan fingerprint density at radius 2 is 2.06 bits per heavy atom. The van der Waals surface area contributed by atoms with Gasteiger partial charge in [0.25, 0.3) is 0 Å². The summed E-state index contributed by atoms with van der Waals surface area (Å²) in [4.78, 5) is 6.52. The van der Waals surface area contributed by atoms with Gasteiger partial charge in [0.2, 0.25) is 5.88 Å². The summed E-state index contributed by atoms with van der Waals surface area (Å²) in [5.74, 6) is 1.50. The van der Waals surface area contributed by atoms with Crippen LogP contribution in [0.1, 0.15) is 13.8 Å². The molecule has 0 atom stereocenters. The van der Waals surface area contributed by atoms with Gasteiger partial charge in [-0.1, -0.05) is 19.9 Å². The third-order valence-electron chi connectivity index (χ3n) is 2.42. The number of rotatable bonds is 6. The number of anilines is 1. The van der Waals surface area contributed by atoms with Crippen molar-refractivity contribution in [2.24, 2.45) is 5.41 Å². The molecule has 0 aliphatic carbocycles. The lowest BCUT2D eigenvalue weighted by Gasteiger charge is -2.28. The molecule has 1 aromatic rings. The highest BCUT2D eigenvalue weighted by Crippen LogP contribution is 2.18. The minimum Gasteiger partial charge on any atom is -0.481 e. The monoisotopic (exact) mass is 237 g/mol. The highest BCUT2D eigenvalue weighted by Gasteiger charge is 2.18. The van der Waals surface area contributed by atoms with Gasteiger partial charge in [-0.05, 0) is 25.6 Å². The van der Waals surface area contributed by atoms with Crippen molar-refractivity contribution >= 4 is 5.82 Å². The molecule has 0 aliphatic rings. The van der Waals surface area contributed by atoms with Gasteiger partial charge in [-0.25, -0.2) is 0 Å². The molecule has 17 heavy (non-hydrogen) atoms. The normalized spacial score (nSPS) is 11.6. The van der Waals surface area contributed by atoms with Crippen molar-refractivity contribution in [2.45, 2.75) is 13.8 Å². The molecule has 0 aromatic carbocycles. The average molecular weight is 237 g/mol. The third-order valence-corrected chi connectivity index (χ3v) is 2.42. The van der Waals surface area contributed by atoms with E-state index in [0.717, 1.165) is 18.9 Å². The summed E-state index contributed by atoms with van der Waals surface area (Å²) in [7, 11) is 5.80. The molecular formula is C13H23N3O. The lowest BCUT2D eigenvalue weighted by Crippen LogP contribution is -2.34. The summed E-state index contributed by atoms with van der Waals surface area (Å²) in [5.41, 5.74) is 0.203. The van der Waals surface area contributed by atoms with Gasteiger partial charge >= 0.3 is 0 Å². The van der Waals surface area contributed by atoms with Gasteiger partial charge in [0, 0.05) is 19.2 Å². The van der Waals surface area contributed by atoms with E-state index >= 15 is 0 Å². The first-order valence-corrected chi connectivity index (χ1v) is 5.82. The zero-order valence-corrected chi connectivity index (χ0v) is 11.4. The van der Waals surface area contributed by atoms with Crippen molar-refractivity contribution in [1.82, 2.24) is 9.88 Å². The first-order valence-electron chi connectivity index (χ1n) is 5.82. The number of ether oxygens (including phenoxy) is 1. The van der Waals surface area contributed by atoms with Gasteiger partial charge in [-0.15, -0.1) is 0 Å². The van der Waals surface area contributed by atoms with E-state index in [1.807, 2.05) is 18.2 Å². The first-order chi connectivity index (χ1) is 7.93. The van der Waals surface area contributed by atoms with E-state index in [1.165, 1.54) is 0 Å². The second-order valence-corrected chi connectivity index (χ2v) is 5.32. The molecule has 0 saturated heterocycles. The van der Waals surface area contributed by atoms with Gasteiger partial charge in [0.15, 0.2) is 0 Å². The van der Waals surface area contributed by atoms with Gasteiger partial charge in [-0.3, -0.25) is 0 Å². The van der Waals surface area contributed by atoms with Crippen molar-refractivity contribution in [1.29, 1.82) is 0 Å². The predicted molar refractivity (Wildman–Crippen MR) is 71.6 cm³/mol. The van der Waals surface area contributed by atoms with E-state index in [0.29, 0.717) is 5.88 Å². The van der Waals surface area contributed by atoms with Crippen LogP contribution in [-0.4, -0.2) is 44.2 Å². The molecule has 4 heteroatoms. The fourth-order valence-corrected chi connectivity index (χ4v) is 1.87. The summed E-state index contributed by atoms with van der Waals surface area (Å²) in [6, 6.07) is 5.73. The molecule has 1 rings (SSSR count). The molecule has 1 aromatic heterocycles. The van der Waals surface area contributed by atoms with E-state index < -0.39 is 0 Å². The van der Waals surface area contributed by atoms with E-state index in [2.05, 4.69) is 43.1 Å². The van der Waals surface area contributed by atoms with Crippen molar-refractivity contribution in [3.8, 4) is 5.88 Å². The third kappa shape index (κ3) is 5.04. The van der Waals surface area contributed by atoms with Crippen molar-refractivity contribution in [3.05, 3.63) is 18.2 Å². The Bertz CT molecular complexity index is 350. The maximum absolute atomic E-state index is 5.09. The smallest absolute Gasteiger partial charge is 0.214 e. The number of pyridine rings is 1. The highest BCUT2D eigenvalue weighted by atomic mass is 16.5. The largest absolute Gasteiger partial charge is 0.481 e. The number of nitrogens with zero attached hydrogens (tertiary/aromatic N) is 2. The number of aromatic nitrogens is 1. The van der Waals surface area contributed by atoms with Gasteiger partial charge in [0.05, 0.1) is 7.11 Å². The summed E-state index contributed by atoms with van der Waals surface area (Å²) < 4.78 is 5.09. The Hall–Kier alpha value is -1.29. The minimum atomic E-state index is 0.203. The second kappa shape index (κ2) is 5.87. The standard InChI is InChI=1S/C13H23N3O/c1-13(2,10-16(3)4)9-14-11-7-6-8-12(15-11)17-5/h6-8H,9-10H2,1-5H3,(H,14,15). The molecule has 0 amide bonds. The number of methoxy groups -OCH3 is 1. The molecule has 0 unspecified atom stereocenters. The van der Waals surface area contributed by atoms with Crippen molar-refractivity contribution in [2.75, 3.05) is 39.6 Å². The van der Waals surface area contributed by atoms with Gasteiger partial charge in [-0.2, -0.15) is 4.98 Å². The molecule has 4 nitrogen and oxygen atoms in total. The fourth-order valence-electron chi connectivity index (χ4n) is 1.87. The summed E-state index contributed by atoms with van der Waals surface area (Å²) in [5, 5.41) is 3.35. The fraction of sp³-hybridized carbons (Fsp3) is 0.615. The molecule has 0 aliphatic heterocycles. The summed E-state index contributed by atoms with van der Waals surface area (Å²) >= 11 is 0. The zero-order valence-electron chi connectivity index (χ0n) is 11.4. The van der Waals surface area contributed by atoms with Crippen LogP contribution in [0, 0.1) is 5.41 Å². The van der Waals surface area contributed by atoms with Crippen LogP contribution in [-0.2, 0) is 0 Å². The van der Waals surface area contributed by atoms with Crippen LogP contribution < -0.4 is 10.1 Å². The Balaban J connectivity index is 2.54. The molecule has 0 spiro atoms. The molecule has 0 bridgehead atoms. The molecule has 96 valence electrons. The second-order valence-electron chi connectivity index (χ2n) is 5.32. The Labute approximate surface area is 104 Å². The van der Waals surface area contributed by atoms with Crippen molar-refractivity contribution in [3.63, 3.8) is 0 Å². The van der Waals surface area contributed by atoms with Crippen LogP contribution in [0.4, 0.5) is 5.82 Å². The minimum absolute atomic E-state index is 0.203.